The molecular weight excluding hydrogens is 254 g/mol. The molecule has 0 aliphatic rings. The van der Waals surface area contributed by atoms with Crippen LogP contribution in [0.4, 0.5) is 5.69 Å². The van der Waals surface area contributed by atoms with E-state index in [0.29, 0.717) is 17.2 Å². The van der Waals surface area contributed by atoms with Gasteiger partial charge < -0.3 is 10.3 Å². The first kappa shape index (κ1) is 12.2. The van der Waals surface area contributed by atoms with Crippen LogP contribution >= 0.6 is 0 Å². The Bertz CT molecular complexity index is 730. The van der Waals surface area contributed by atoms with Gasteiger partial charge >= 0.3 is 0 Å². The molecular formula is C14H13N5O. The molecule has 0 saturated heterocycles. The zero-order valence-electron chi connectivity index (χ0n) is 10.9. The van der Waals surface area contributed by atoms with Crippen molar-refractivity contribution < 1.29 is 4.79 Å². The fraction of sp³-hybridized carbons (Fsp3) is 0.0714. The van der Waals surface area contributed by atoms with Crippen LogP contribution in [0.1, 0.15) is 10.5 Å². The van der Waals surface area contributed by atoms with Gasteiger partial charge in [-0.15, -0.1) is 0 Å². The van der Waals surface area contributed by atoms with Gasteiger partial charge in [-0.3, -0.25) is 9.48 Å². The molecule has 2 heterocycles. The first-order valence-corrected chi connectivity index (χ1v) is 6.13. The average molecular weight is 267 g/mol. The van der Waals surface area contributed by atoms with E-state index in [1.807, 2.05) is 31.3 Å². The number of benzene rings is 1. The Morgan fingerprint density at radius 3 is 2.90 bits per heavy atom. The number of nitrogens with zero attached hydrogens (tertiary/aromatic N) is 3. The summed E-state index contributed by atoms with van der Waals surface area (Å²) in [5.41, 5.74) is 2.08. The van der Waals surface area contributed by atoms with E-state index in [2.05, 4.69) is 20.4 Å². The number of hydrogen-bond acceptors (Lipinski definition) is 3. The van der Waals surface area contributed by atoms with Crippen LogP contribution in [0, 0.1) is 0 Å². The molecule has 0 aliphatic carbocycles. The lowest BCUT2D eigenvalue weighted by Crippen LogP contribution is -2.12. The highest BCUT2D eigenvalue weighted by molar-refractivity contribution is 6.03. The molecule has 2 aromatic heterocycles. The summed E-state index contributed by atoms with van der Waals surface area (Å²) < 4.78 is 1.64. The second-order valence-electron chi connectivity index (χ2n) is 4.36. The van der Waals surface area contributed by atoms with Crippen LogP contribution in [-0.4, -0.2) is 25.7 Å². The van der Waals surface area contributed by atoms with Gasteiger partial charge in [-0.1, -0.05) is 12.1 Å². The van der Waals surface area contributed by atoms with Gasteiger partial charge in [0, 0.05) is 24.5 Å². The highest BCUT2D eigenvalue weighted by Crippen LogP contribution is 2.19. The van der Waals surface area contributed by atoms with Crippen molar-refractivity contribution in [3.63, 3.8) is 0 Å². The minimum absolute atomic E-state index is 0.180. The summed E-state index contributed by atoms with van der Waals surface area (Å²) in [4.78, 5) is 19.0. The van der Waals surface area contributed by atoms with Crippen molar-refractivity contribution in [1.29, 1.82) is 0 Å². The first-order chi connectivity index (χ1) is 9.72. The van der Waals surface area contributed by atoms with E-state index < -0.39 is 0 Å². The molecule has 6 heteroatoms. The van der Waals surface area contributed by atoms with Crippen molar-refractivity contribution in [2.24, 2.45) is 7.05 Å². The number of carbonyl (C=O) groups excluding carboxylic acids is 1. The third-order valence-electron chi connectivity index (χ3n) is 2.82. The maximum Gasteiger partial charge on any atom is 0.272 e. The van der Waals surface area contributed by atoms with Gasteiger partial charge in [-0.05, 0) is 24.3 Å². The summed E-state index contributed by atoms with van der Waals surface area (Å²) in [5, 5.41) is 7.07. The summed E-state index contributed by atoms with van der Waals surface area (Å²) >= 11 is 0. The highest BCUT2D eigenvalue weighted by Gasteiger charge is 2.08. The molecule has 0 aliphatic heterocycles. The minimum Gasteiger partial charge on any atom is -0.357 e. The highest BCUT2D eigenvalue weighted by atomic mass is 16.1. The molecule has 2 N–H and O–H groups in total. The summed E-state index contributed by atoms with van der Waals surface area (Å²) in [6.07, 6.45) is 3.35. The predicted octanol–water partition coefficient (Wildman–Crippen LogP) is 2.06. The van der Waals surface area contributed by atoms with Crippen LogP contribution in [0.25, 0.3) is 11.4 Å². The Morgan fingerprint density at radius 2 is 2.20 bits per heavy atom. The number of aromatic nitrogens is 4. The van der Waals surface area contributed by atoms with E-state index in [-0.39, 0.29) is 5.91 Å². The van der Waals surface area contributed by atoms with Crippen LogP contribution in [0.5, 0.6) is 0 Å². The molecule has 0 unspecified atom stereocenters. The number of rotatable bonds is 3. The van der Waals surface area contributed by atoms with Crippen LogP contribution in [0.2, 0.25) is 0 Å². The van der Waals surface area contributed by atoms with Crippen molar-refractivity contribution in [1.82, 2.24) is 19.7 Å². The minimum atomic E-state index is -0.180. The fourth-order valence-corrected chi connectivity index (χ4v) is 1.88. The molecule has 3 rings (SSSR count). The maximum atomic E-state index is 11.9. The third-order valence-corrected chi connectivity index (χ3v) is 2.82. The fourth-order valence-electron chi connectivity index (χ4n) is 1.88. The number of carbonyl (C=O) groups is 1. The lowest BCUT2D eigenvalue weighted by Gasteiger charge is -2.05. The number of anilines is 1. The number of aromatic amines is 1. The van der Waals surface area contributed by atoms with Crippen molar-refractivity contribution in [2.45, 2.75) is 0 Å². The molecule has 0 bridgehead atoms. The molecule has 1 amide bonds. The number of amides is 1. The van der Waals surface area contributed by atoms with E-state index in [1.54, 1.807) is 29.3 Å². The van der Waals surface area contributed by atoms with Crippen molar-refractivity contribution >= 4 is 11.6 Å². The number of nitrogens with one attached hydrogen (secondary N) is 2. The molecule has 100 valence electrons. The summed E-state index contributed by atoms with van der Waals surface area (Å²) in [5.74, 6) is 0.449. The van der Waals surface area contributed by atoms with Gasteiger partial charge in [0.05, 0.1) is 0 Å². The Labute approximate surface area is 115 Å². The van der Waals surface area contributed by atoms with Crippen LogP contribution < -0.4 is 5.32 Å². The maximum absolute atomic E-state index is 11.9. The second-order valence-corrected chi connectivity index (χ2v) is 4.36. The average Bonchev–Trinajstić information content (AvgIpc) is 3.10. The number of hydrogen-bond donors (Lipinski definition) is 2. The smallest absolute Gasteiger partial charge is 0.272 e. The van der Waals surface area contributed by atoms with Gasteiger partial charge in [-0.25, -0.2) is 4.98 Å². The van der Waals surface area contributed by atoms with E-state index in [4.69, 9.17) is 0 Å². The molecule has 0 atom stereocenters. The molecule has 0 spiro atoms. The van der Waals surface area contributed by atoms with Crippen molar-refractivity contribution in [3.8, 4) is 11.4 Å². The molecule has 20 heavy (non-hydrogen) atoms. The van der Waals surface area contributed by atoms with Crippen LogP contribution in [0.3, 0.4) is 0 Å². The lowest BCUT2D eigenvalue weighted by molar-refractivity contribution is 0.102. The standard InChI is InChI=1S/C14H13N5O/c1-19-9-16-13(18-19)10-4-2-5-11(8-10)17-14(20)12-6-3-7-15-12/h2-9,15H,1H3,(H,17,20). The molecule has 6 nitrogen and oxygen atoms in total. The first-order valence-electron chi connectivity index (χ1n) is 6.13. The zero-order chi connectivity index (χ0) is 13.9. The van der Waals surface area contributed by atoms with E-state index in [0.717, 1.165) is 5.56 Å². The second kappa shape index (κ2) is 5.00. The largest absolute Gasteiger partial charge is 0.357 e. The Kier molecular flexibility index (Phi) is 3.04. The van der Waals surface area contributed by atoms with Crippen LogP contribution in [-0.2, 0) is 7.05 Å². The number of aryl methyl sites for hydroxylation is 1. The quantitative estimate of drug-likeness (QED) is 0.762. The topological polar surface area (TPSA) is 75.6 Å². The molecule has 0 fully saturated rings. The monoisotopic (exact) mass is 267 g/mol. The molecule has 1 aromatic carbocycles. The Balaban J connectivity index is 1.83. The van der Waals surface area contributed by atoms with Gasteiger partial charge in [0.2, 0.25) is 0 Å². The Morgan fingerprint density at radius 1 is 1.30 bits per heavy atom. The van der Waals surface area contributed by atoms with E-state index in [1.165, 1.54) is 0 Å². The summed E-state index contributed by atoms with van der Waals surface area (Å²) in [6, 6.07) is 10.9. The van der Waals surface area contributed by atoms with Crippen molar-refractivity contribution in [2.75, 3.05) is 5.32 Å². The van der Waals surface area contributed by atoms with Crippen molar-refractivity contribution in [3.05, 3.63) is 54.6 Å². The zero-order valence-corrected chi connectivity index (χ0v) is 10.9. The predicted molar refractivity (Wildman–Crippen MR) is 75.2 cm³/mol. The van der Waals surface area contributed by atoms with Gasteiger partial charge in [0.25, 0.3) is 5.91 Å². The van der Waals surface area contributed by atoms with E-state index >= 15 is 0 Å². The normalized spacial score (nSPS) is 10.4. The molecule has 0 radical (unpaired) electrons. The Hall–Kier alpha value is -2.89. The molecule has 3 aromatic rings. The SMILES string of the molecule is Cn1cnc(-c2cccc(NC(=O)c3ccc[nH]3)c2)n1. The number of H-pyrrole nitrogens is 1. The third kappa shape index (κ3) is 2.44. The van der Waals surface area contributed by atoms with Gasteiger partial charge in [0.1, 0.15) is 12.0 Å². The summed E-state index contributed by atoms with van der Waals surface area (Å²) in [6.45, 7) is 0. The van der Waals surface area contributed by atoms with Gasteiger partial charge in [0.15, 0.2) is 5.82 Å². The van der Waals surface area contributed by atoms with Gasteiger partial charge in [-0.2, -0.15) is 5.10 Å². The lowest BCUT2D eigenvalue weighted by atomic mass is 10.2. The van der Waals surface area contributed by atoms with Crippen LogP contribution in [0.15, 0.2) is 48.9 Å². The molecule has 0 saturated carbocycles. The van der Waals surface area contributed by atoms with E-state index in [9.17, 15) is 4.79 Å². The summed E-state index contributed by atoms with van der Waals surface area (Å²) in [7, 11) is 1.81.